The summed E-state index contributed by atoms with van der Waals surface area (Å²) in [4.78, 5) is 0. The standard InChI is InChI=1S/C9H16OS/c1-8-2-4-9(5-3-8)6-11(10)7-9/h8H,2-7H2,1H3. The summed E-state index contributed by atoms with van der Waals surface area (Å²) in [6.45, 7) is 2.34. The van der Waals surface area contributed by atoms with Gasteiger partial charge in [-0.15, -0.1) is 0 Å². The number of hydrogen-bond acceptors (Lipinski definition) is 1. The summed E-state index contributed by atoms with van der Waals surface area (Å²) in [5.41, 5.74) is 0.553. The van der Waals surface area contributed by atoms with Gasteiger partial charge in [0.25, 0.3) is 0 Å². The van der Waals surface area contributed by atoms with E-state index < -0.39 is 10.8 Å². The van der Waals surface area contributed by atoms with Crippen molar-refractivity contribution in [1.29, 1.82) is 0 Å². The maximum Gasteiger partial charge on any atom is 0.0300 e. The van der Waals surface area contributed by atoms with E-state index in [1.807, 2.05) is 0 Å². The molecule has 2 heteroatoms. The molecule has 2 fully saturated rings. The fraction of sp³-hybridized carbons (Fsp3) is 1.00. The molecule has 1 saturated carbocycles. The van der Waals surface area contributed by atoms with Gasteiger partial charge in [0.1, 0.15) is 0 Å². The third kappa shape index (κ3) is 1.37. The molecule has 0 N–H and O–H groups in total. The van der Waals surface area contributed by atoms with Crippen molar-refractivity contribution in [2.75, 3.05) is 11.5 Å². The zero-order valence-corrected chi connectivity index (χ0v) is 7.95. The SMILES string of the molecule is CC1CCC2(CC1)CS(=O)C2. The van der Waals surface area contributed by atoms with Gasteiger partial charge >= 0.3 is 0 Å². The van der Waals surface area contributed by atoms with Crippen LogP contribution >= 0.6 is 0 Å². The van der Waals surface area contributed by atoms with Crippen LogP contribution in [-0.4, -0.2) is 15.7 Å². The largest absolute Gasteiger partial charge is 0.260 e. The maximum atomic E-state index is 11.0. The summed E-state index contributed by atoms with van der Waals surface area (Å²) in [6, 6.07) is 0. The smallest absolute Gasteiger partial charge is 0.0300 e. The van der Waals surface area contributed by atoms with E-state index in [2.05, 4.69) is 6.92 Å². The first-order valence-electron chi connectivity index (χ1n) is 4.55. The summed E-state index contributed by atoms with van der Waals surface area (Å²) in [7, 11) is -0.440. The molecule has 2 rings (SSSR count). The minimum absolute atomic E-state index is 0.440. The summed E-state index contributed by atoms with van der Waals surface area (Å²) >= 11 is 0. The predicted molar refractivity (Wildman–Crippen MR) is 47.9 cm³/mol. The molecule has 0 amide bonds. The first-order valence-corrected chi connectivity index (χ1v) is 6.04. The zero-order chi connectivity index (χ0) is 7.90. The van der Waals surface area contributed by atoms with Crippen molar-refractivity contribution in [2.45, 2.75) is 32.6 Å². The summed E-state index contributed by atoms with van der Waals surface area (Å²) in [5, 5.41) is 0. The topological polar surface area (TPSA) is 17.1 Å². The Morgan fingerprint density at radius 2 is 1.82 bits per heavy atom. The third-order valence-electron chi connectivity index (χ3n) is 3.27. The molecule has 64 valence electrons. The molecule has 0 atom stereocenters. The lowest BCUT2D eigenvalue weighted by Gasteiger charge is -2.45. The Hall–Kier alpha value is 0.150. The van der Waals surface area contributed by atoms with Crippen molar-refractivity contribution in [1.82, 2.24) is 0 Å². The molecule has 0 aromatic rings. The fourth-order valence-electron chi connectivity index (χ4n) is 2.30. The molecule has 0 bridgehead atoms. The van der Waals surface area contributed by atoms with Gasteiger partial charge < -0.3 is 0 Å². The fourth-order valence-corrected chi connectivity index (χ4v) is 4.16. The van der Waals surface area contributed by atoms with Crippen LogP contribution < -0.4 is 0 Å². The highest BCUT2D eigenvalue weighted by molar-refractivity contribution is 7.86. The lowest BCUT2D eigenvalue weighted by atomic mass is 9.73. The van der Waals surface area contributed by atoms with E-state index in [-0.39, 0.29) is 0 Å². The van der Waals surface area contributed by atoms with Crippen LogP contribution in [0.15, 0.2) is 0 Å². The predicted octanol–water partition coefficient (Wildman–Crippen LogP) is 1.95. The summed E-state index contributed by atoms with van der Waals surface area (Å²) in [5.74, 6) is 2.95. The van der Waals surface area contributed by atoms with Crippen molar-refractivity contribution >= 4 is 10.8 Å². The van der Waals surface area contributed by atoms with Crippen LogP contribution in [0.5, 0.6) is 0 Å². The van der Waals surface area contributed by atoms with Crippen molar-refractivity contribution < 1.29 is 4.21 Å². The van der Waals surface area contributed by atoms with Crippen molar-refractivity contribution in [2.24, 2.45) is 11.3 Å². The summed E-state index contributed by atoms with van der Waals surface area (Å²) in [6.07, 6.45) is 5.44. The minimum Gasteiger partial charge on any atom is -0.260 e. The van der Waals surface area contributed by atoms with E-state index >= 15 is 0 Å². The van der Waals surface area contributed by atoms with Gasteiger partial charge in [0, 0.05) is 22.3 Å². The minimum atomic E-state index is -0.440. The van der Waals surface area contributed by atoms with Crippen LogP contribution in [0.3, 0.4) is 0 Å². The van der Waals surface area contributed by atoms with Crippen LogP contribution in [0.2, 0.25) is 0 Å². The molecule has 1 aliphatic heterocycles. The Balaban J connectivity index is 1.92. The van der Waals surface area contributed by atoms with Crippen LogP contribution in [0.25, 0.3) is 0 Å². The Morgan fingerprint density at radius 3 is 2.27 bits per heavy atom. The van der Waals surface area contributed by atoms with Crippen LogP contribution in [0.4, 0.5) is 0 Å². The number of hydrogen-bond donors (Lipinski definition) is 0. The van der Waals surface area contributed by atoms with E-state index in [1.165, 1.54) is 25.7 Å². The molecule has 0 aromatic heterocycles. The summed E-state index contributed by atoms with van der Waals surface area (Å²) < 4.78 is 11.0. The lowest BCUT2D eigenvalue weighted by Crippen LogP contribution is -2.46. The van der Waals surface area contributed by atoms with Gasteiger partial charge in [-0.3, -0.25) is 4.21 Å². The zero-order valence-electron chi connectivity index (χ0n) is 7.14. The van der Waals surface area contributed by atoms with Gasteiger partial charge in [-0.2, -0.15) is 0 Å². The second-order valence-corrected chi connectivity index (χ2v) is 5.87. The molecular formula is C9H16OS. The molecule has 0 aromatic carbocycles. The first kappa shape index (κ1) is 7.78. The van der Waals surface area contributed by atoms with Crippen molar-refractivity contribution in [3.05, 3.63) is 0 Å². The maximum absolute atomic E-state index is 11.0. The molecule has 1 spiro atoms. The molecule has 1 aliphatic carbocycles. The highest BCUT2D eigenvalue weighted by Gasteiger charge is 2.43. The van der Waals surface area contributed by atoms with Gasteiger partial charge in [0.2, 0.25) is 0 Å². The van der Waals surface area contributed by atoms with E-state index in [9.17, 15) is 4.21 Å². The molecule has 0 unspecified atom stereocenters. The van der Waals surface area contributed by atoms with Crippen LogP contribution in [0.1, 0.15) is 32.6 Å². The molecule has 11 heavy (non-hydrogen) atoms. The Morgan fingerprint density at radius 1 is 1.27 bits per heavy atom. The number of rotatable bonds is 0. The van der Waals surface area contributed by atoms with Crippen molar-refractivity contribution in [3.8, 4) is 0 Å². The first-order chi connectivity index (χ1) is 5.20. The quantitative estimate of drug-likeness (QED) is 0.546. The molecule has 1 saturated heterocycles. The lowest BCUT2D eigenvalue weighted by molar-refractivity contribution is 0.193. The van der Waals surface area contributed by atoms with E-state index in [0.717, 1.165) is 17.4 Å². The molecule has 0 radical (unpaired) electrons. The Kier molecular flexibility index (Phi) is 1.82. The Labute approximate surface area is 71.0 Å². The molecule has 2 aliphatic rings. The Bertz CT molecular complexity index is 170. The van der Waals surface area contributed by atoms with Crippen LogP contribution in [-0.2, 0) is 10.8 Å². The van der Waals surface area contributed by atoms with Gasteiger partial charge in [-0.05, 0) is 24.2 Å². The highest BCUT2D eigenvalue weighted by atomic mass is 32.2. The van der Waals surface area contributed by atoms with E-state index in [0.29, 0.717) is 5.41 Å². The average molecular weight is 172 g/mol. The van der Waals surface area contributed by atoms with Gasteiger partial charge in [-0.1, -0.05) is 19.8 Å². The normalized spacial score (nSPS) is 50.6. The molecule has 1 nitrogen and oxygen atoms in total. The van der Waals surface area contributed by atoms with Crippen LogP contribution in [0, 0.1) is 11.3 Å². The second kappa shape index (κ2) is 2.58. The van der Waals surface area contributed by atoms with Gasteiger partial charge in [0.05, 0.1) is 0 Å². The van der Waals surface area contributed by atoms with E-state index in [1.54, 1.807) is 0 Å². The van der Waals surface area contributed by atoms with E-state index in [4.69, 9.17) is 0 Å². The molecule has 1 heterocycles. The third-order valence-corrected chi connectivity index (χ3v) is 5.14. The van der Waals surface area contributed by atoms with Gasteiger partial charge in [0.15, 0.2) is 0 Å². The molecular weight excluding hydrogens is 156 g/mol. The van der Waals surface area contributed by atoms with Gasteiger partial charge in [-0.25, -0.2) is 0 Å². The average Bonchev–Trinajstić information content (AvgIpc) is 1.92. The monoisotopic (exact) mass is 172 g/mol. The highest BCUT2D eigenvalue weighted by Crippen LogP contribution is 2.45. The van der Waals surface area contributed by atoms with Crippen molar-refractivity contribution in [3.63, 3.8) is 0 Å². The second-order valence-electron chi connectivity index (χ2n) is 4.41.